The third-order valence-corrected chi connectivity index (χ3v) is 3.77. The van der Waals surface area contributed by atoms with Crippen LogP contribution < -0.4 is 5.32 Å². The number of hydrogen-bond acceptors (Lipinski definition) is 5. The van der Waals surface area contributed by atoms with E-state index < -0.39 is 6.10 Å². The minimum atomic E-state index is -0.554. The molecule has 6 heteroatoms. The van der Waals surface area contributed by atoms with E-state index in [0.29, 0.717) is 4.88 Å². The van der Waals surface area contributed by atoms with E-state index in [1.807, 2.05) is 13.8 Å². The number of carbonyl (C=O) groups excluding carboxylic acids is 2. The first kappa shape index (κ1) is 15.7. The summed E-state index contributed by atoms with van der Waals surface area (Å²) >= 11 is 1.26. The van der Waals surface area contributed by atoms with Crippen LogP contribution in [0.1, 0.15) is 40.9 Å². The number of ether oxygens (including phenoxy) is 1. The van der Waals surface area contributed by atoms with Crippen molar-refractivity contribution in [2.24, 2.45) is 5.92 Å². The van der Waals surface area contributed by atoms with E-state index in [9.17, 15) is 14.7 Å². The molecule has 1 heterocycles. The number of esters is 1. The maximum atomic E-state index is 11.8. The maximum absolute atomic E-state index is 11.8. The molecule has 1 aromatic heterocycles. The molecule has 2 N–H and O–H groups in total. The zero-order valence-corrected chi connectivity index (χ0v) is 12.1. The molecule has 0 saturated carbocycles. The van der Waals surface area contributed by atoms with Crippen molar-refractivity contribution in [3.63, 3.8) is 0 Å². The van der Waals surface area contributed by atoms with Crippen LogP contribution in [0.5, 0.6) is 0 Å². The fourth-order valence-electron chi connectivity index (χ4n) is 1.43. The molecular formula is C13H19NO4S. The van der Waals surface area contributed by atoms with Crippen molar-refractivity contribution in [3.8, 4) is 0 Å². The van der Waals surface area contributed by atoms with E-state index in [1.165, 1.54) is 18.4 Å². The van der Waals surface area contributed by atoms with Crippen LogP contribution in [0.15, 0.2) is 12.1 Å². The number of methoxy groups -OCH3 is 1. The predicted molar refractivity (Wildman–Crippen MR) is 73.1 cm³/mol. The number of thiophene rings is 1. The summed E-state index contributed by atoms with van der Waals surface area (Å²) in [6.45, 7) is 4.08. The van der Waals surface area contributed by atoms with Crippen LogP contribution in [-0.2, 0) is 9.53 Å². The Morgan fingerprint density at radius 2 is 2.11 bits per heavy atom. The highest BCUT2D eigenvalue weighted by Crippen LogP contribution is 2.28. The van der Waals surface area contributed by atoms with Gasteiger partial charge in [-0.15, -0.1) is 11.3 Å². The van der Waals surface area contributed by atoms with E-state index >= 15 is 0 Å². The molecule has 0 aromatic carbocycles. The molecule has 1 aromatic rings. The fourth-order valence-corrected chi connectivity index (χ4v) is 2.51. The Balaban J connectivity index is 2.52. The molecule has 1 atom stereocenters. The van der Waals surface area contributed by atoms with E-state index in [0.717, 1.165) is 4.88 Å². The third-order valence-electron chi connectivity index (χ3n) is 2.62. The molecule has 0 aliphatic carbocycles. The van der Waals surface area contributed by atoms with Gasteiger partial charge in [-0.2, -0.15) is 0 Å². The summed E-state index contributed by atoms with van der Waals surface area (Å²) in [5.41, 5.74) is 0. The maximum Gasteiger partial charge on any atom is 0.307 e. The molecule has 0 saturated heterocycles. The lowest BCUT2D eigenvalue weighted by Gasteiger charge is -2.11. The molecule has 0 aliphatic rings. The number of hydrogen-bond donors (Lipinski definition) is 2. The van der Waals surface area contributed by atoms with Gasteiger partial charge < -0.3 is 15.2 Å². The minimum absolute atomic E-state index is 0.105. The Labute approximate surface area is 116 Å². The van der Waals surface area contributed by atoms with Crippen molar-refractivity contribution in [3.05, 3.63) is 21.9 Å². The average Bonchev–Trinajstić information content (AvgIpc) is 2.86. The second kappa shape index (κ2) is 7.25. The van der Waals surface area contributed by atoms with Crippen LogP contribution in [0.4, 0.5) is 0 Å². The summed E-state index contributed by atoms with van der Waals surface area (Å²) < 4.78 is 4.48. The summed E-state index contributed by atoms with van der Waals surface area (Å²) in [6.07, 6.45) is -0.406. The second-order valence-electron chi connectivity index (χ2n) is 4.47. The lowest BCUT2D eigenvalue weighted by Crippen LogP contribution is -2.25. The first-order valence-corrected chi connectivity index (χ1v) is 6.90. The molecule has 0 bridgehead atoms. The number of aliphatic hydroxyl groups excluding tert-OH is 1. The molecule has 1 amide bonds. The number of nitrogens with one attached hydrogen (secondary N) is 1. The van der Waals surface area contributed by atoms with Crippen molar-refractivity contribution >= 4 is 23.2 Å². The van der Waals surface area contributed by atoms with Gasteiger partial charge >= 0.3 is 5.97 Å². The van der Waals surface area contributed by atoms with Gasteiger partial charge in [0.25, 0.3) is 5.91 Å². The van der Waals surface area contributed by atoms with Crippen LogP contribution in [-0.4, -0.2) is 30.6 Å². The number of rotatable bonds is 6. The first-order valence-electron chi connectivity index (χ1n) is 6.08. The SMILES string of the molecule is COC(=O)CCNC(=O)c1ccc([C@H](O)C(C)C)s1. The zero-order valence-electron chi connectivity index (χ0n) is 11.3. The Bertz CT molecular complexity index is 442. The Kier molecular flexibility index (Phi) is 5.98. The molecule has 0 aliphatic heterocycles. The van der Waals surface area contributed by atoms with Gasteiger partial charge in [-0.05, 0) is 18.1 Å². The molecule has 19 heavy (non-hydrogen) atoms. The normalized spacial score (nSPS) is 12.3. The van der Waals surface area contributed by atoms with Crippen LogP contribution >= 0.6 is 11.3 Å². The molecule has 0 spiro atoms. The molecular weight excluding hydrogens is 266 g/mol. The number of amides is 1. The van der Waals surface area contributed by atoms with Crippen molar-refractivity contribution in [1.82, 2.24) is 5.32 Å². The number of aliphatic hydroxyl groups is 1. The van der Waals surface area contributed by atoms with Gasteiger partial charge in [-0.3, -0.25) is 9.59 Å². The average molecular weight is 285 g/mol. The van der Waals surface area contributed by atoms with E-state index in [1.54, 1.807) is 12.1 Å². The van der Waals surface area contributed by atoms with Gasteiger partial charge in [0.15, 0.2) is 0 Å². The Morgan fingerprint density at radius 1 is 1.42 bits per heavy atom. The summed E-state index contributed by atoms with van der Waals surface area (Å²) in [4.78, 5) is 24.0. The smallest absolute Gasteiger partial charge is 0.307 e. The summed E-state index contributed by atoms with van der Waals surface area (Å²) in [5, 5.41) is 12.5. The van der Waals surface area contributed by atoms with Gasteiger partial charge in [0.05, 0.1) is 24.5 Å². The highest BCUT2D eigenvalue weighted by molar-refractivity contribution is 7.14. The minimum Gasteiger partial charge on any atom is -0.469 e. The highest BCUT2D eigenvalue weighted by Gasteiger charge is 2.16. The quantitative estimate of drug-likeness (QED) is 0.781. The van der Waals surface area contributed by atoms with Crippen molar-refractivity contribution < 1.29 is 19.4 Å². The van der Waals surface area contributed by atoms with Crippen LogP contribution in [0.3, 0.4) is 0 Å². The van der Waals surface area contributed by atoms with Crippen molar-refractivity contribution in [2.75, 3.05) is 13.7 Å². The Morgan fingerprint density at radius 3 is 2.68 bits per heavy atom. The molecule has 106 valence electrons. The van der Waals surface area contributed by atoms with E-state index in [2.05, 4.69) is 10.1 Å². The van der Waals surface area contributed by atoms with Gasteiger partial charge in [0.1, 0.15) is 0 Å². The lowest BCUT2D eigenvalue weighted by atomic mass is 10.1. The van der Waals surface area contributed by atoms with Gasteiger partial charge in [-0.25, -0.2) is 0 Å². The zero-order chi connectivity index (χ0) is 14.4. The lowest BCUT2D eigenvalue weighted by molar-refractivity contribution is -0.140. The van der Waals surface area contributed by atoms with E-state index in [-0.39, 0.29) is 30.8 Å². The predicted octanol–water partition coefficient (Wildman–Crippen LogP) is 1.73. The fraction of sp³-hybridized carbons (Fsp3) is 0.538. The number of carbonyl (C=O) groups is 2. The second-order valence-corrected chi connectivity index (χ2v) is 5.59. The topological polar surface area (TPSA) is 75.6 Å². The van der Waals surface area contributed by atoms with Crippen LogP contribution in [0.25, 0.3) is 0 Å². The third kappa shape index (κ3) is 4.65. The molecule has 0 unspecified atom stereocenters. The molecule has 0 fully saturated rings. The summed E-state index contributed by atoms with van der Waals surface area (Å²) in [5.74, 6) is -0.493. The largest absolute Gasteiger partial charge is 0.469 e. The Hall–Kier alpha value is -1.40. The van der Waals surface area contributed by atoms with Gasteiger partial charge in [0, 0.05) is 11.4 Å². The molecule has 1 rings (SSSR count). The van der Waals surface area contributed by atoms with Crippen LogP contribution in [0.2, 0.25) is 0 Å². The molecule has 5 nitrogen and oxygen atoms in total. The van der Waals surface area contributed by atoms with Gasteiger partial charge in [-0.1, -0.05) is 13.8 Å². The standard InChI is InChI=1S/C13H19NO4S/c1-8(2)12(16)9-4-5-10(19-9)13(17)14-7-6-11(15)18-3/h4-5,8,12,16H,6-7H2,1-3H3,(H,14,17)/t12-/m1/s1. The first-order chi connectivity index (χ1) is 8.95. The summed E-state index contributed by atoms with van der Waals surface area (Å²) in [6, 6.07) is 3.43. The van der Waals surface area contributed by atoms with Crippen LogP contribution in [0, 0.1) is 5.92 Å². The van der Waals surface area contributed by atoms with Crippen molar-refractivity contribution in [2.45, 2.75) is 26.4 Å². The van der Waals surface area contributed by atoms with E-state index in [4.69, 9.17) is 0 Å². The van der Waals surface area contributed by atoms with Crippen molar-refractivity contribution in [1.29, 1.82) is 0 Å². The summed E-state index contributed by atoms with van der Waals surface area (Å²) in [7, 11) is 1.31. The molecule has 0 radical (unpaired) electrons. The monoisotopic (exact) mass is 285 g/mol. The van der Waals surface area contributed by atoms with Gasteiger partial charge in [0.2, 0.25) is 0 Å². The highest BCUT2D eigenvalue weighted by atomic mass is 32.1.